The summed E-state index contributed by atoms with van der Waals surface area (Å²) in [4.78, 5) is 32.4. The Morgan fingerprint density at radius 3 is 2.74 bits per heavy atom. The number of ether oxygens (including phenoxy) is 1. The lowest BCUT2D eigenvalue weighted by atomic mass is 10.1. The molecule has 0 amide bonds. The average molecular weight is 386 g/mol. The van der Waals surface area contributed by atoms with E-state index in [1.54, 1.807) is 18.3 Å². The number of aryl methyl sites for hydroxylation is 1. The lowest BCUT2D eigenvalue weighted by Gasteiger charge is -2.19. The molecule has 0 saturated heterocycles. The van der Waals surface area contributed by atoms with Gasteiger partial charge in [0.25, 0.3) is 5.56 Å². The predicted molar refractivity (Wildman–Crippen MR) is 103 cm³/mol. The van der Waals surface area contributed by atoms with Crippen molar-refractivity contribution in [3.63, 3.8) is 0 Å². The SMILES string of the molecule is CC(C)(C)OC(=O)CCc1ccnc(-c2nc(=O)c3ccc(F)cc3s2)c1. The van der Waals surface area contributed by atoms with Crippen LogP contribution in [-0.4, -0.2) is 21.5 Å². The third-order valence-electron chi connectivity index (χ3n) is 3.67. The van der Waals surface area contributed by atoms with Crippen molar-refractivity contribution in [1.29, 1.82) is 0 Å². The highest BCUT2D eigenvalue weighted by Crippen LogP contribution is 2.26. The van der Waals surface area contributed by atoms with Crippen molar-refractivity contribution in [2.75, 3.05) is 0 Å². The summed E-state index contributed by atoms with van der Waals surface area (Å²) in [6.45, 7) is 5.47. The first-order chi connectivity index (χ1) is 12.7. The van der Waals surface area contributed by atoms with E-state index in [-0.39, 0.29) is 12.4 Å². The predicted octanol–water partition coefficient (Wildman–Crippen LogP) is 4.13. The van der Waals surface area contributed by atoms with Gasteiger partial charge >= 0.3 is 5.97 Å². The number of hydrogen-bond acceptors (Lipinski definition) is 6. The van der Waals surface area contributed by atoms with Gasteiger partial charge < -0.3 is 4.74 Å². The summed E-state index contributed by atoms with van der Waals surface area (Å²) < 4.78 is 19.3. The first-order valence-corrected chi connectivity index (χ1v) is 9.30. The Morgan fingerprint density at radius 2 is 2.00 bits per heavy atom. The summed E-state index contributed by atoms with van der Waals surface area (Å²) in [7, 11) is 0. The molecule has 7 heteroatoms. The normalized spacial score (nSPS) is 11.6. The molecule has 0 spiro atoms. The van der Waals surface area contributed by atoms with Crippen LogP contribution in [0.15, 0.2) is 41.3 Å². The van der Waals surface area contributed by atoms with Gasteiger partial charge in [-0.1, -0.05) is 0 Å². The monoisotopic (exact) mass is 386 g/mol. The number of fused-ring (bicyclic) bond motifs is 1. The van der Waals surface area contributed by atoms with Gasteiger partial charge in [0.2, 0.25) is 0 Å². The van der Waals surface area contributed by atoms with Crippen LogP contribution in [0.2, 0.25) is 0 Å². The van der Waals surface area contributed by atoms with Gasteiger partial charge in [-0.05, 0) is 63.1 Å². The minimum atomic E-state index is -0.517. The summed E-state index contributed by atoms with van der Waals surface area (Å²) in [6, 6.07) is 7.59. The second-order valence-corrected chi connectivity index (χ2v) is 8.13. The summed E-state index contributed by atoms with van der Waals surface area (Å²) in [5, 5.41) is 0.795. The van der Waals surface area contributed by atoms with E-state index in [0.29, 0.717) is 27.2 Å². The zero-order valence-corrected chi connectivity index (χ0v) is 16.1. The minimum absolute atomic E-state index is 0.243. The minimum Gasteiger partial charge on any atom is -0.460 e. The summed E-state index contributed by atoms with van der Waals surface area (Å²) in [6.07, 6.45) is 2.34. The van der Waals surface area contributed by atoms with Crippen LogP contribution in [0, 0.1) is 5.82 Å². The molecule has 3 rings (SSSR count). The molecule has 27 heavy (non-hydrogen) atoms. The van der Waals surface area contributed by atoms with Gasteiger partial charge in [-0.15, -0.1) is 11.3 Å². The van der Waals surface area contributed by atoms with E-state index in [1.165, 1.54) is 29.5 Å². The molecular weight excluding hydrogens is 367 g/mol. The Morgan fingerprint density at radius 1 is 1.22 bits per heavy atom. The maximum atomic E-state index is 13.5. The molecule has 140 valence electrons. The van der Waals surface area contributed by atoms with Crippen molar-refractivity contribution in [2.45, 2.75) is 39.2 Å². The lowest BCUT2D eigenvalue weighted by molar-refractivity contribution is -0.154. The van der Waals surface area contributed by atoms with E-state index in [1.807, 2.05) is 20.8 Å². The third-order valence-corrected chi connectivity index (χ3v) is 4.72. The molecule has 2 aromatic heterocycles. The fourth-order valence-electron chi connectivity index (χ4n) is 2.53. The third kappa shape index (κ3) is 4.95. The van der Waals surface area contributed by atoms with Crippen LogP contribution < -0.4 is 5.56 Å². The van der Waals surface area contributed by atoms with Gasteiger partial charge in [0.05, 0.1) is 11.1 Å². The van der Waals surface area contributed by atoms with Crippen molar-refractivity contribution in [1.82, 2.24) is 9.97 Å². The molecule has 0 bridgehead atoms. The molecule has 0 aliphatic rings. The van der Waals surface area contributed by atoms with Gasteiger partial charge in [-0.3, -0.25) is 14.6 Å². The number of hydrogen-bond donors (Lipinski definition) is 0. The first kappa shape index (κ1) is 19.1. The first-order valence-electron chi connectivity index (χ1n) is 8.49. The molecule has 0 radical (unpaired) electrons. The number of aromatic nitrogens is 2. The zero-order valence-electron chi connectivity index (χ0n) is 15.3. The highest BCUT2D eigenvalue weighted by Gasteiger charge is 2.16. The Labute approximate surface area is 159 Å². The van der Waals surface area contributed by atoms with Gasteiger partial charge in [-0.2, -0.15) is 4.98 Å². The lowest BCUT2D eigenvalue weighted by Crippen LogP contribution is -2.24. The molecule has 2 heterocycles. The summed E-state index contributed by atoms with van der Waals surface area (Å²) >= 11 is 1.20. The number of carbonyl (C=O) groups excluding carboxylic acids is 1. The van der Waals surface area contributed by atoms with Gasteiger partial charge in [0.1, 0.15) is 16.4 Å². The van der Waals surface area contributed by atoms with Crippen LogP contribution >= 0.6 is 11.3 Å². The van der Waals surface area contributed by atoms with E-state index < -0.39 is 17.0 Å². The molecule has 1 aromatic carbocycles. The summed E-state index contributed by atoms with van der Waals surface area (Å²) in [5.74, 6) is -0.681. The zero-order chi connectivity index (χ0) is 19.6. The molecule has 0 aliphatic heterocycles. The average Bonchev–Trinajstić information content (AvgIpc) is 2.58. The van der Waals surface area contributed by atoms with Crippen LogP contribution in [0.3, 0.4) is 0 Å². The molecular formula is C20H19FN2O3S. The van der Waals surface area contributed by atoms with Crippen LogP contribution in [-0.2, 0) is 16.0 Å². The molecule has 0 atom stereocenters. The van der Waals surface area contributed by atoms with Crippen LogP contribution in [0.25, 0.3) is 20.8 Å². The van der Waals surface area contributed by atoms with E-state index in [9.17, 15) is 14.0 Å². The highest BCUT2D eigenvalue weighted by atomic mass is 32.1. The number of pyridine rings is 1. The van der Waals surface area contributed by atoms with E-state index in [0.717, 1.165) is 5.56 Å². The van der Waals surface area contributed by atoms with Crippen molar-refractivity contribution in [2.24, 2.45) is 0 Å². The number of esters is 1. The second kappa shape index (κ2) is 7.52. The van der Waals surface area contributed by atoms with Gasteiger partial charge in [-0.25, -0.2) is 4.39 Å². The van der Waals surface area contributed by atoms with Gasteiger partial charge in [0, 0.05) is 17.3 Å². The largest absolute Gasteiger partial charge is 0.460 e. The Hall–Kier alpha value is -2.67. The smallest absolute Gasteiger partial charge is 0.306 e. The molecule has 0 unspecified atom stereocenters. The van der Waals surface area contributed by atoms with Crippen LogP contribution in [0.1, 0.15) is 32.8 Å². The van der Waals surface area contributed by atoms with Crippen LogP contribution in [0.4, 0.5) is 4.39 Å². The molecule has 0 fully saturated rings. The van der Waals surface area contributed by atoms with Crippen molar-refractivity contribution in [3.8, 4) is 10.7 Å². The molecule has 0 saturated carbocycles. The molecule has 3 aromatic rings. The molecule has 0 aliphatic carbocycles. The molecule has 5 nitrogen and oxygen atoms in total. The van der Waals surface area contributed by atoms with E-state index >= 15 is 0 Å². The topological polar surface area (TPSA) is 69.2 Å². The maximum Gasteiger partial charge on any atom is 0.306 e. The van der Waals surface area contributed by atoms with Crippen molar-refractivity contribution < 1.29 is 13.9 Å². The molecule has 0 N–H and O–H groups in total. The van der Waals surface area contributed by atoms with Crippen molar-refractivity contribution >= 4 is 27.4 Å². The summed E-state index contributed by atoms with van der Waals surface area (Å²) in [5.41, 5.74) is 0.466. The highest BCUT2D eigenvalue weighted by molar-refractivity contribution is 7.21. The van der Waals surface area contributed by atoms with Crippen molar-refractivity contribution in [3.05, 3.63) is 58.3 Å². The Kier molecular flexibility index (Phi) is 5.32. The van der Waals surface area contributed by atoms with Crippen LogP contribution in [0.5, 0.6) is 0 Å². The quantitative estimate of drug-likeness (QED) is 0.631. The number of benzene rings is 1. The standard InChI is InChI=1S/C20H19FN2O3S/c1-20(2,3)26-17(24)7-4-12-8-9-22-15(10-12)19-23-18(25)14-6-5-13(21)11-16(14)27-19/h5-6,8-11H,4,7H2,1-3H3. The fraction of sp³-hybridized carbons (Fsp3) is 0.300. The number of carbonyl (C=O) groups is 1. The Balaban J connectivity index is 1.84. The maximum absolute atomic E-state index is 13.5. The Bertz CT molecular complexity index is 1060. The van der Waals surface area contributed by atoms with Gasteiger partial charge in [0.15, 0.2) is 0 Å². The van der Waals surface area contributed by atoms with E-state index in [4.69, 9.17) is 4.74 Å². The number of halogens is 1. The fourth-order valence-corrected chi connectivity index (χ4v) is 3.52. The number of nitrogens with zero attached hydrogens (tertiary/aromatic N) is 2. The van der Waals surface area contributed by atoms with E-state index in [2.05, 4.69) is 9.97 Å². The number of rotatable bonds is 4. The second-order valence-electron chi connectivity index (χ2n) is 7.10.